The number of carbonyl (C=O) groups excluding carboxylic acids is 1. The number of nitrogens with zero attached hydrogens (tertiary/aromatic N) is 2. The molecule has 23 heavy (non-hydrogen) atoms. The summed E-state index contributed by atoms with van der Waals surface area (Å²) in [4.78, 5) is 17.0. The number of halogens is 1. The fraction of sp³-hybridized carbons (Fsp3) is 0. The van der Waals surface area contributed by atoms with Crippen molar-refractivity contribution in [1.29, 1.82) is 0 Å². The highest BCUT2D eigenvalue weighted by molar-refractivity contribution is 7.15. The van der Waals surface area contributed by atoms with Gasteiger partial charge in [-0.1, -0.05) is 30.3 Å². The number of aromatic nitrogens is 2. The van der Waals surface area contributed by atoms with Gasteiger partial charge in [-0.15, -0.1) is 11.3 Å². The highest BCUT2D eigenvalue weighted by atomic mass is 32.1. The second-order valence-electron chi connectivity index (χ2n) is 5.08. The minimum atomic E-state index is -0.286. The number of imidazole rings is 1. The maximum atomic E-state index is 13.1. The van der Waals surface area contributed by atoms with Crippen molar-refractivity contribution >= 4 is 22.6 Å². The van der Waals surface area contributed by atoms with Gasteiger partial charge in [0.05, 0.1) is 5.69 Å². The Hall–Kier alpha value is -2.79. The molecule has 0 saturated heterocycles. The Labute approximate surface area is 135 Å². The average Bonchev–Trinajstić information content (AvgIpc) is 3.15. The van der Waals surface area contributed by atoms with Crippen LogP contribution in [0.15, 0.2) is 60.0 Å². The van der Waals surface area contributed by atoms with E-state index in [1.54, 1.807) is 12.1 Å². The van der Waals surface area contributed by atoms with Crippen LogP contribution in [0.25, 0.3) is 27.5 Å². The summed E-state index contributed by atoms with van der Waals surface area (Å²) in [6.45, 7) is 0. The monoisotopic (exact) mass is 322 g/mol. The number of fused-ring (bicyclic) bond motifs is 1. The Morgan fingerprint density at radius 3 is 2.43 bits per heavy atom. The molecule has 4 aromatic rings. The normalized spacial score (nSPS) is 11.0. The Bertz CT molecular complexity index is 987. The summed E-state index contributed by atoms with van der Waals surface area (Å²) in [5.74, 6) is -0.286. The first-order valence-corrected chi connectivity index (χ1v) is 7.92. The van der Waals surface area contributed by atoms with Gasteiger partial charge in [0, 0.05) is 10.9 Å². The molecule has 0 fully saturated rings. The van der Waals surface area contributed by atoms with Crippen molar-refractivity contribution in [3.8, 4) is 22.5 Å². The lowest BCUT2D eigenvalue weighted by molar-refractivity contribution is 0.111. The highest BCUT2D eigenvalue weighted by Crippen LogP contribution is 2.32. The van der Waals surface area contributed by atoms with Crippen LogP contribution >= 0.6 is 11.3 Å². The van der Waals surface area contributed by atoms with Crippen LogP contribution in [0, 0.1) is 5.82 Å². The van der Waals surface area contributed by atoms with Gasteiger partial charge in [-0.2, -0.15) is 0 Å². The van der Waals surface area contributed by atoms with Crippen molar-refractivity contribution in [2.75, 3.05) is 0 Å². The van der Waals surface area contributed by atoms with E-state index >= 15 is 0 Å². The summed E-state index contributed by atoms with van der Waals surface area (Å²) in [5, 5.41) is 1.93. The fourth-order valence-corrected chi connectivity index (χ4v) is 3.52. The van der Waals surface area contributed by atoms with Gasteiger partial charge in [-0.25, -0.2) is 9.37 Å². The van der Waals surface area contributed by atoms with Crippen LogP contribution in [0.1, 0.15) is 10.5 Å². The molecule has 2 aromatic carbocycles. The summed E-state index contributed by atoms with van der Waals surface area (Å²) in [7, 11) is 0. The number of hydrogen-bond donors (Lipinski definition) is 0. The number of hydrogen-bond acceptors (Lipinski definition) is 3. The Balaban J connectivity index is 1.97. The van der Waals surface area contributed by atoms with Gasteiger partial charge < -0.3 is 0 Å². The van der Waals surface area contributed by atoms with Gasteiger partial charge in [-0.05, 0) is 29.8 Å². The number of aldehydes is 1. The SMILES string of the molecule is O=Cc1c(-c2ccccc2)nc2scc(-c3ccc(F)cc3)n12. The van der Waals surface area contributed by atoms with E-state index in [0.29, 0.717) is 11.4 Å². The number of benzene rings is 2. The first-order chi connectivity index (χ1) is 11.3. The van der Waals surface area contributed by atoms with E-state index in [-0.39, 0.29) is 5.82 Å². The molecule has 0 aliphatic heterocycles. The third-order valence-corrected chi connectivity index (χ3v) is 4.52. The molecule has 0 atom stereocenters. The van der Waals surface area contributed by atoms with Crippen LogP contribution < -0.4 is 0 Å². The Morgan fingerprint density at radius 2 is 1.74 bits per heavy atom. The van der Waals surface area contributed by atoms with E-state index in [1.165, 1.54) is 23.5 Å². The van der Waals surface area contributed by atoms with Gasteiger partial charge in [-0.3, -0.25) is 9.20 Å². The lowest BCUT2D eigenvalue weighted by atomic mass is 10.1. The fourth-order valence-electron chi connectivity index (χ4n) is 2.62. The molecular formula is C18H11FN2OS. The lowest BCUT2D eigenvalue weighted by Gasteiger charge is -2.02. The standard InChI is InChI=1S/C18H11FN2OS/c19-14-8-6-12(7-9-14)16-11-23-18-20-17(15(10-22)21(16)18)13-4-2-1-3-5-13/h1-11H. The minimum Gasteiger partial charge on any atom is -0.296 e. The van der Waals surface area contributed by atoms with Crippen molar-refractivity contribution in [3.05, 3.63) is 71.5 Å². The van der Waals surface area contributed by atoms with Gasteiger partial charge in [0.1, 0.15) is 17.2 Å². The van der Waals surface area contributed by atoms with Crippen LogP contribution in [0.4, 0.5) is 4.39 Å². The molecule has 0 bridgehead atoms. The zero-order valence-electron chi connectivity index (χ0n) is 11.9. The average molecular weight is 322 g/mol. The number of rotatable bonds is 3. The van der Waals surface area contributed by atoms with Crippen LogP contribution in [-0.2, 0) is 0 Å². The van der Waals surface area contributed by atoms with Crippen molar-refractivity contribution in [3.63, 3.8) is 0 Å². The zero-order valence-corrected chi connectivity index (χ0v) is 12.8. The molecule has 3 nitrogen and oxygen atoms in total. The lowest BCUT2D eigenvalue weighted by Crippen LogP contribution is -1.94. The molecule has 0 spiro atoms. The van der Waals surface area contributed by atoms with E-state index in [4.69, 9.17) is 0 Å². The topological polar surface area (TPSA) is 34.4 Å². The number of thiazole rings is 1. The predicted octanol–water partition coefficient (Wildman–Crippen LogP) is 4.68. The van der Waals surface area contributed by atoms with E-state index < -0.39 is 0 Å². The molecule has 112 valence electrons. The van der Waals surface area contributed by atoms with Crippen molar-refractivity contribution in [2.24, 2.45) is 0 Å². The molecule has 5 heteroatoms. The van der Waals surface area contributed by atoms with Crippen molar-refractivity contribution in [2.45, 2.75) is 0 Å². The molecule has 0 radical (unpaired) electrons. The van der Waals surface area contributed by atoms with Gasteiger partial charge in [0.25, 0.3) is 0 Å². The maximum absolute atomic E-state index is 13.1. The maximum Gasteiger partial charge on any atom is 0.195 e. The minimum absolute atomic E-state index is 0.286. The molecule has 0 amide bonds. The smallest absolute Gasteiger partial charge is 0.195 e. The molecule has 0 aliphatic rings. The molecule has 0 unspecified atom stereocenters. The molecule has 2 heterocycles. The summed E-state index contributed by atoms with van der Waals surface area (Å²) >= 11 is 1.46. The third kappa shape index (κ3) is 2.26. The molecule has 4 rings (SSSR count). The highest BCUT2D eigenvalue weighted by Gasteiger charge is 2.18. The van der Waals surface area contributed by atoms with Crippen molar-refractivity contribution in [1.82, 2.24) is 9.38 Å². The second-order valence-corrected chi connectivity index (χ2v) is 5.91. The van der Waals surface area contributed by atoms with Crippen LogP contribution in [-0.4, -0.2) is 15.7 Å². The molecule has 2 aromatic heterocycles. The van der Waals surface area contributed by atoms with Crippen LogP contribution in [0.3, 0.4) is 0 Å². The van der Waals surface area contributed by atoms with E-state index in [9.17, 15) is 9.18 Å². The number of carbonyl (C=O) groups is 1. The molecule has 0 N–H and O–H groups in total. The quantitative estimate of drug-likeness (QED) is 0.513. The first kappa shape index (κ1) is 13.8. The largest absolute Gasteiger partial charge is 0.296 e. The summed E-state index contributed by atoms with van der Waals surface area (Å²) in [6, 6.07) is 15.8. The summed E-state index contributed by atoms with van der Waals surface area (Å²) < 4.78 is 15.0. The third-order valence-electron chi connectivity index (χ3n) is 3.70. The van der Waals surface area contributed by atoms with Gasteiger partial charge >= 0.3 is 0 Å². The summed E-state index contributed by atoms with van der Waals surface area (Å²) in [5.41, 5.74) is 3.75. The van der Waals surface area contributed by atoms with E-state index in [1.807, 2.05) is 40.1 Å². The molecular weight excluding hydrogens is 311 g/mol. The molecule has 0 aliphatic carbocycles. The van der Waals surface area contributed by atoms with E-state index in [0.717, 1.165) is 28.1 Å². The Kier molecular flexibility index (Phi) is 3.28. The summed E-state index contributed by atoms with van der Waals surface area (Å²) in [6.07, 6.45) is 0.822. The predicted molar refractivity (Wildman–Crippen MR) is 89.3 cm³/mol. The zero-order chi connectivity index (χ0) is 15.8. The van der Waals surface area contributed by atoms with Crippen LogP contribution in [0.5, 0.6) is 0 Å². The van der Waals surface area contributed by atoms with Gasteiger partial charge in [0.15, 0.2) is 11.2 Å². The van der Waals surface area contributed by atoms with Crippen molar-refractivity contribution < 1.29 is 9.18 Å². The molecule has 0 saturated carbocycles. The second kappa shape index (κ2) is 5.44. The first-order valence-electron chi connectivity index (χ1n) is 7.04. The Morgan fingerprint density at radius 1 is 1.00 bits per heavy atom. The van der Waals surface area contributed by atoms with Gasteiger partial charge in [0.2, 0.25) is 0 Å². The van der Waals surface area contributed by atoms with E-state index in [2.05, 4.69) is 4.98 Å². The van der Waals surface area contributed by atoms with Crippen LogP contribution in [0.2, 0.25) is 0 Å².